The topological polar surface area (TPSA) is 472 Å². The minimum Gasteiger partial charge on any atom is -0.481 e. The van der Waals surface area contributed by atoms with Crippen molar-refractivity contribution in [3.8, 4) is 0 Å². The number of thioether (sulfide) groups is 2. The summed E-state index contributed by atoms with van der Waals surface area (Å²) in [6, 6.07) is 12.6. The lowest BCUT2D eigenvalue weighted by atomic mass is 10.0. The molecule has 10 amide bonds. The van der Waals surface area contributed by atoms with Crippen LogP contribution < -0.4 is 70.0 Å². The third-order valence-corrected chi connectivity index (χ3v) is 16.0. The number of nitrogens with two attached hydrogens (primary N) is 2. The van der Waals surface area contributed by atoms with Gasteiger partial charge in [0.1, 0.15) is 48.2 Å². The van der Waals surface area contributed by atoms with E-state index in [9.17, 15) is 67.7 Å². The lowest BCUT2D eigenvalue weighted by molar-refractivity contribution is -0.141. The van der Waals surface area contributed by atoms with E-state index in [-0.39, 0.29) is 62.8 Å². The number of aliphatic carboxylic acids is 2. The zero-order valence-corrected chi connectivity index (χ0v) is 55.4. The highest BCUT2D eigenvalue weighted by Gasteiger charge is 2.34. The van der Waals surface area contributed by atoms with Gasteiger partial charge in [-0.3, -0.25) is 62.9 Å². The Morgan fingerprint density at radius 2 is 0.957 bits per heavy atom. The summed E-state index contributed by atoms with van der Waals surface area (Å²) in [4.78, 5) is 160. The highest BCUT2D eigenvalue weighted by molar-refractivity contribution is 7.98. The molecule has 0 saturated heterocycles. The number of aryl methyl sites for hydroxylation is 2. The highest BCUT2D eigenvalue weighted by atomic mass is 35.5. The molecule has 0 aliphatic heterocycles. The van der Waals surface area contributed by atoms with Crippen LogP contribution >= 0.6 is 47.8 Å². The van der Waals surface area contributed by atoms with Crippen LogP contribution in [0.3, 0.4) is 0 Å². The Morgan fingerprint density at radius 1 is 0.511 bits per heavy atom. The molecule has 0 heterocycles. The maximum atomic E-state index is 14.5. The molecule has 0 unspecified atom stereocenters. The lowest BCUT2D eigenvalue weighted by Crippen LogP contribution is -2.60. The molecule has 516 valence electrons. The van der Waals surface area contributed by atoms with Crippen LogP contribution in [0.15, 0.2) is 78.9 Å². The minimum absolute atomic E-state index is 0.0275. The third-order valence-electron chi connectivity index (χ3n) is 13.2. The molecule has 7 atom stereocenters. The number of carboxylic acids is 2. The Hall–Kier alpha value is -8.21. The van der Waals surface area contributed by atoms with Crippen molar-refractivity contribution in [3.05, 3.63) is 107 Å². The Balaban J connectivity index is 1.86. The van der Waals surface area contributed by atoms with E-state index in [0.29, 0.717) is 36.8 Å². The van der Waals surface area contributed by atoms with Crippen molar-refractivity contribution in [2.24, 2.45) is 11.5 Å². The highest BCUT2D eigenvalue weighted by Crippen LogP contribution is 2.17. The van der Waals surface area contributed by atoms with E-state index in [0.717, 1.165) is 22.3 Å². The quantitative estimate of drug-likeness (QED) is 0.00941. The van der Waals surface area contributed by atoms with Crippen LogP contribution in [0.2, 0.25) is 0 Å². The number of ether oxygens (including phenoxy) is 2. The van der Waals surface area contributed by atoms with Crippen molar-refractivity contribution in [1.29, 1.82) is 5.41 Å². The van der Waals surface area contributed by atoms with Gasteiger partial charge in [0.15, 0.2) is 5.96 Å². The molecule has 0 radical (unpaired) electrons. The summed E-state index contributed by atoms with van der Waals surface area (Å²) in [5.41, 5.74) is 15.1. The number of guanidine groups is 1. The van der Waals surface area contributed by atoms with Crippen molar-refractivity contribution in [2.75, 3.05) is 82.3 Å². The van der Waals surface area contributed by atoms with Crippen LogP contribution in [0.4, 0.5) is 0 Å². The number of rotatable bonds is 46. The molecule has 0 aromatic heterocycles. The van der Waals surface area contributed by atoms with Crippen LogP contribution in [-0.2, 0) is 84.9 Å². The summed E-state index contributed by atoms with van der Waals surface area (Å²) in [5.74, 6) is -13.2. The first-order valence-corrected chi connectivity index (χ1v) is 33.2. The molecule has 0 saturated carbocycles. The molecular formula is C60H85ClN14O16S3. The minimum atomic E-state index is -1.89. The monoisotopic (exact) mass is 1390 g/mol. The first-order chi connectivity index (χ1) is 44.9. The molecule has 94 heavy (non-hydrogen) atoms. The number of hydrogen-bond donors (Lipinski definition) is 17. The fourth-order valence-corrected chi connectivity index (χ4v) is 10.7. The third kappa shape index (κ3) is 33.6. The summed E-state index contributed by atoms with van der Waals surface area (Å²) < 4.78 is 10.6. The number of carbonyl (C=O) groups is 12. The fourth-order valence-electron chi connectivity index (χ4n) is 8.29. The molecule has 0 aliphatic rings. The molecule has 34 heteroatoms. The molecule has 0 bridgehead atoms. The van der Waals surface area contributed by atoms with Crippen LogP contribution in [0.25, 0.3) is 0 Å². The van der Waals surface area contributed by atoms with Gasteiger partial charge in [0, 0.05) is 54.8 Å². The van der Waals surface area contributed by atoms with Gasteiger partial charge >= 0.3 is 11.9 Å². The number of hydrogen-bond acceptors (Lipinski definition) is 19. The summed E-state index contributed by atoms with van der Waals surface area (Å²) in [6.45, 7) is 4.07. The van der Waals surface area contributed by atoms with E-state index in [4.69, 9.17) is 38.0 Å². The fraction of sp³-hybridized carbons (Fsp3) is 0.483. The standard InChI is InChI=1S/C60H85ClN14O16S3/c1-36-10-14-39(15-11-36)32-93-34-46(74-56(86)43(26-51(79)80)69-48(76)28-61)58(88)71-41(9-6-19-66-60(63)64)53(83)68-30-50(78)70-44(27-52(81)82)57(87)75-47(35-94-33-40-16-12-37(2)13-17-40)59(89)72-42(25-38-7-4-3-5-8-38)55(85)73-45(31-92)54(84)67-29-49(77)65-20-22-91-24-23-90-21-18-62/h3-5,7-8,10-17,41-47,92H,6,9,18-35,62H2,1-2H3,(H,65,77)(H,67,84)(H,68,83)(H,69,76)(H,70,78)(H,71,88)(H,72,89)(H,73,85)(H,74,86)(H,75,87)(H,79,80)(H,81,82)(H4,63,64,66)/t41-,42-,43-,44-,45-,46-,47-/m0/s1. The maximum absolute atomic E-state index is 14.5. The SMILES string of the molecule is Cc1ccc(CSC[C@H](NC(=O)[C@H](CC(=O)O)NC(=O)CCl)C(=O)N[C@@H](CCCNC(=N)N)C(=O)NCC(=O)N[C@@H](CC(=O)O)C(=O)N[C@@H](CSCc2ccc(C)cc2)C(=O)N[C@@H](Cc2ccccc2)C(=O)N[C@@H](CS)C(=O)NCC(=O)NCCOCCOCCN)cc1. The second kappa shape index (κ2) is 45.2. The summed E-state index contributed by atoms with van der Waals surface area (Å²) >= 11 is 12.3. The predicted octanol–water partition coefficient (Wildman–Crippen LogP) is -2.17. The largest absolute Gasteiger partial charge is 0.481 e. The Bertz CT molecular complexity index is 2980. The molecule has 18 N–H and O–H groups in total. The molecule has 30 nitrogen and oxygen atoms in total. The number of thiol groups is 1. The molecule has 0 spiro atoms. The van der Waals surface area contributed by atoms with E-state index in [1.807, 2.05) is 62.4 Å². The van der Waals surface area contributed by atoms with Crippen LogP contribution in [0.5, 0.6) is 0 Å². The predicted molar refractivity (Wildman–Crippen MR) is 356 cm³/mol. The lowest BCUT2D eigenvalue weighted by Gasteiger charge is -2.26. The van der Waals surface area contributed by atoms with Gasteiger partial charge in [0.05, 0.1) is 52.4 Å². The van der Waals surface area contributed by atoms with Crippen LogP contribution in [0.1, 0.15) is 53.5 Å². The van der Waals surface area contributed by atoms with Crippen LogP contribution in [-0.4, -0.2) is 212 Å². The van der Waals surface area contributed by atoms with E-state index >= 15 is 0 Å². The van der Waals surface area contributed by atoms with E-state index in [1.165, 1.54) is 23.5 Å². The zero-order valence-electron chi connectivity index (χ0n) is 52.1. The van der Waals surface area contributed by atoms with Gasteiger partial charge in [0.25, 0.3) is 0 Å². The first-order valence-electron chi connectivity index (χ1n) is 29.7. The second-order valence-electron chi connectivity index (χ2n) is 21.0. The van der Waals surface area contributed by atoms with Crippen molar-refractivity contribution in [1.82, 2.24) is 58.5 Å². The van der Waals surface area contributed by atoms with Gasteiger partial charge in [-0.2, -0.15) is 36.2 Å². The number of halogens is 1. The number of carbonyl (C=O) groups excluding carboxylic acids is 10. The van der Waals surface area contributed by atoms with Gasteiger partial charge in [-0.1, -0.05) is 90.0 Å². The van der Waals surface area contributed by atoms with E-state index < -0.39 is 151 Å². The molecule has 3 aromatic carbocycles. The van der Waals surface area contributed by atoms with Crippen molar-refractivity contribution in [2.45, 2.75) is 99.8 Å². The molecular weight excluding hydrogens is 1300 g/mol. The molecule has 3 aromatic rings. The second-order valence-corrected chi connectivity index (χ2v) is 23.7. The summed E-state index contributed by atoms with van der Waals surface area (Å²) in [7, 11) is 0. The van der Waals surface area contributed by atoms with Gasteiger partial charge in [-0.15, -0.1) is 11.6 Å². The van der Waals surface area contributed by atoms with Gasteiger partial charge < -0.3 is 89.6 Å². The Morgan fingerprint density at radius 3 is 1.45 bits per heavy atom. The number of carboxylic acid groups (broad SMARTS) is 2. The van der Waals surface area contributed by atoms with E-state index in [2.05, 4.69) is 71.1 Å². The molecule has 0 fully saturated rings. The van der Waals surface area contributed by atoms with Crippen LogP contribution in [0, 0.1) is 19.3 Å². The average Bonchev–Trinajstić information content (AvgIpc) is 0.936. The van der Waals surface area contributed by atoms with Crippen molar-refractivity contribution < 1.29 is 77.2 Å². The first kappa shape index (κ1) is 80.0. The summed E-state index contributed by atoms with van der Waals surface area (Å²) in [5, 5.41) is 54.2. The summed E-state index contributed by atoms with van der Waals surface area (Å²) in [6.07, 6.45) is -2.16. The average molecular weight is 1390 g/mol. The van der Waals surface area contributed by atoms with Gasteiger partial charge in [0.2, 0.25) is 59.1 Å². The van der Waals surface area contributed by atoms with E-state index in [1.54, 1.807) is 30.3 Å². The Kier molecular flexibility index (Phi) is 38.5. The number of nitrogens with one attached hydrogen (secondary N) is 12. The maximum Gasteiger partial charge on any atom is 0.305 e. The van der Waals surface area contributed by atoms with Gasteiger partial charge in [-0.05, 0) is 43.4 Å². The van der Waals surface area contributed by atoms with Crippen molar-refractivity contribution >= 4 is 125 Å². The Labute approximate surface area is 563 Å². The number of benzene rings is 3. The normalized spacial score (nSPS) is 13.1. The zero-order chi connectivity index (χ0) is 69.4. The number of amides is 10. The van der Waals surface area contributed by atoms with Gasteiger partial charge in [-0.25, -0.2) is 0 Å². The molecule has 3 rings (SSSR count). The molecule has 0 aliphatic carbocycles. The smallest absolute Gasteiger partial charge is 0.305 e. The van der Waals surface area contributed by atoms with Crippen molar-refractivity contribution in [3.63, 3.8) is 0 Å². The number of alkyl halides is 1.